The first kappa shape index (κ1) is 13.1. The average molecular weight is 224 g/mol. The fourth-order valence-electron chi connectivity index (χ4n) is 1.58. The molecule has 0 bridgehead atoms. The summed E-state index contributed by atoms with van der Waals surface area (Å²) < 4.78 is 10.9. The van der Waals surface area contributed by atoms with Crippen LogP contribution in [-0.2, 0) is 9.47 Å². The van der Waals surface area contributed by atoms with Crippen LogP contribution >= 0.6 is 0 Å². The summed E-state index contributed by atoms with van der Waals surface area (Å²) in [6, 6.07) is 3.78. The highest BCUT2D eigenvalue weighted by atomic mass is 16.5. The van der Waals surface area contributed by atoms with Crippen molar-refractivity contribution in [3.05, 3.63) is 30.1 Å². The number of methoxy groups -OCH3 is 1. The zero-order valence-electron chi connectivity index (χ0n) is 10.1. The molecule has 1 rings (SSSR count). The van der Waals surface area contributed by atoms with Crippen LogP contribution in [0.3, 0.4) is 0 Å². The fourth-order valence-corrected chi connectivity index (χ4v) is 1.58. The van der Waals surface area contributed by atoms with E-state index in [-0.39, 0.29) is 18.2 Å². The minimum Gasteiger partial charge on any atom is -0.382 e. The Morgan fingerprint density at radius 1 is 1.31 bits per heavy atom. The Bertz CT molecular complexity index is 290. The summed E-state index contributed by atoms with van der Waals surface area (Å²) in [6.07, 6.45) is 3.40. The Labute approximate surface area is 96.8 Å². The second-order valence-corrected chi connectivity index (χ2v) is 3.96. The van der Waals surface area contributed by atoms with Gasteiger partial charge in [0.2, 0.25) is 0 Å². The maximum absolute atomic E-state index is 5.93. The van der Waals surface area contributed by atoms with Crippen molar-refractivity contribution in [3.8, 4) is 0 Å². The van der Waals surface area contributed by atoms with Crippen LogP contribution < -0.4 is 5.73 Å². The zero-order chi connectivity index (χ0) is 12.0. The van der Waals surface area contributed by atoms with Crippen molar-refractivity contribution in [2.24, 2.45) is 5.73 Å². The molecule has 0 fully saturated rings. The molecule has 0 aromatic carbocycles. The van der Waals surface area contributed by atoms with E-state index >= 15 is 0 Å². The van der Waals surface area contributed by atoms with E-state index in [1.807, 2.05) is 26.0 Å². The van der Waals surface area contributed by atoms with E-state index in [9.17, 15) is 0 Å². The third-order valence-electron chi connectivity index (χ3n) is 2.29. The van der Waals surface area contributed by atoms with Gasteiger partial charge in [0.25, 0.3) is 0 Å². The summed E-state index contributed by atoms with van der Waals surface area (Å²) >= 11 is 0. The van der Waals surface area contributed by atoms with Gasteiger partial charge in [-0.15, -0.1) is 0 Å². The molecule has 0 saturated carbocycles. The number of ether oxygens (including phenoxy) is 2. The van der Waals surface area contributed by atoms with Gasteiger partial charge in [-0.3, -0.25) is 4.98 Å². The van der Waals surface area contributed by atoms with Gasteiger partial charge in [-0.05, 0) is 31.5 Å². The van der Waals surface area contributed by atoms with E-state index in [1.54, 1.807) is 19.5 Å². The lowest BCUT2D eigenvalue weighted by molar-refractivity contribution is -0.0481. The van der Waals surface area contributed by atoms with E-state index < -0.39 is 0 Å². The normalized spacial score (nSPS) is 16.8. The monoisotopic (exact) mass is 224 g/mol. The molecule has 0 spiro atoms. The molecule has 0 radical (unpaired) electrons. The lowest BCUT2D eigenvalue weighted by Crippen LogP contribution is -2.31. The van der Waals surface area contributed by atoms with Gasteiger partial charge >= 0.3 is 0 Å². The lowest BCUT2D eigenvalue weighted by atomic mass is 10.1. The van der Waals surface area contributed by atoms with Gasteiger partial charge in [-0.2, -0.15) is 0 Å². The van der Waals surface area contributed by atoms with E-state index in [4.69, 9.17) is 15.2 Å². The van der Waals surface area contributed by atoms with Gasteiger partial charge in [-0.25, -0.2) is 0 Å². The van der Waals surface area contributed by atoms with Crippen LogP contribution in [0.5, 0.6) is 0 Å². The lowest BCUT2D eigenvalue weighted by Gasteiger charge is -2.25. The van der Waals surface area contributed by atoms with E-state index in [0.717, 1.165) is 5.56 Å². The topological polar surface area (TPSA) is 57.4 Å². The van der Waals surface area contributed by atoms with Crippen molar-refractivity contribution < 1.29 is 9.47 Å². The quantitative estimate of drug-likeness (QED) is 0.796. The highest BCUT2D eigenvalue weighted by molar-refractivity contribution is 5.15. The Balaban J connectivity index is 2.69. The van der Waals surface area contributed by atoms with Crippen LogP contribution in [-0.4, -0.2) is 30.8 Å². The molecular weight excluding hydrogens is 204 g/mol. The van der Waals surface area contributed by atoms with Crippen LogP contribution in [0, 0.1) is 0 Å². The SMILES string of the molecule is COCC(C)OC(c1ccncc1)C(C)N. The number of hydrogen-bond donors (Lipinski definition) is 1. The summed E-state index contributed by atoms with van der Waals surface area (Å²) in [6.45, 7) is 4.47. The van der Waals surface area contributed by atoms with Gasteiger partial charge in [0.1, 0.15) is 0 Å². The number of aromatic nitrogens is 1. The minimum absolute atomic E-state index is 0.0224. The maximum atomic E-state index is 5.93. The van der Waals surface area contributed by atoms with Gasteiger partial charge < -0.3 is 15.2 Å². The first-order valence-electron chi connectivity index (χ1n) is 5.45. The van der Waals surface area contributed by atoms with Crippen molar-refractivity contribution in [1.82, 2.24) is 4.98 Å². The van der Waals surface area contributed by atoms with Gasteiger partial charge in [0.05, 0.1) is 18.8 Å². The van der Waals surface area contributed by atoms with E-state index in [0.29, 0.717) is 6.61 Å². The Morgan fingerprint density at radius 3 is 2.44 bits per heavy atom. The van der Waals surface area contributed by atoms with Gasteiger partial charge in [-0.1, -0.05) is 0 Å². The Morgan fingerprint density at radius 2 is 1.94 bits per heavy atom. The highest BCUT2D eigenvalue weighted by Gasteiger charge is 2.19. The molecule has 0 saturated heterocycles. The minimum atomic E-state index is -0.117. The van der Waals surface area contributed by atoms with Crippen molar-refractivity contribution in [2.75, 3.05) is 13.7 Å². The van der Waals surface area contributed by atoms with Crippen LogP contribution in [0.2, 0.25) is 0 Å². The number of nitrogens with two attached hydrogens (primary N) is 1. The second kappa shape index (κ2) is 6.58. The zero-order valence-corrected chi connectivity index (χ0v) is 10.1. The summed E-state index contributed by atoms with van der Waals surface area (Å²) in [4.78, 5) is 3.98. The molecule has 1 aromatic heterocycles. The molecular formula is C12H20N2O2. The Hall–Kier alpha value is -0.970. The largest absolute Gasteiger partial charge is 0.382 e. The molecule has 4 nitrogen and oxygen atoms in total. The molecule has 0 aliphatic carbocycles. The summed E-state index contributed by atoms with van der Waals surface area (Å²) in [5.74, 6) is 0. The number of pyridine rings is 1. The molecule has 2 N–H and O–H groups in total. The highest BCUT2D eigenvalue weighted by Crippen LogP contribution is 2.21. The number of rotatable bonds is 6. The number of hydrogen-bond acceptors (Lipinski definition) is 4. The summed E-state index contributed by atoms with van der Waals surface area (Å²) in [5, 5.41) is 0. The molecule has 3 unspecified atom stereocenters. The van der Waals surface area contributed by atoms with E-state index in [2.05, 4.69) is 4.98 Å². The van der Waals surface area contributed by atoms with Crippen molar-refractivity contribution in [3.63, 3.8) is 0 Å². The first-order valence-corrected chi connectivity index (χ1v) is 5.45. The standard InChI is InChI=1S/C12H20N2O2/c1-9(8-15-3)16-12(10(2)13)11-4-6-14-7-5-11/h4-7,9-10,12H,8,13H2,1-3H3. The average Bonchev–Trinajstić information content (AvgIpc) is 2.27. The smallest absolute Gasteiger partial charge is 0.0978 e. The molecule has 1 aromatic rings. The molecule has 4 heteroatoms. The van der Waals surface area contributed by atoms with Gasteiger partial charge in [0, 0.05) is 25.5 Å². The predicted octanol–water partition coefficient (Wildman–Crippen LogP) is 1.52. The number of nitrogens with zero attached hydrogens (tertiary/aromatic N) is 1. The van der Waals surface area contributed by atoms with E-state index in [1.165, 1.54) is 0 Å². The molecule has 0 amide bonds. The summed E-state index contributed by atoms with van der Waals surface area (Å²) in [5.41, 5.74) is 6.98. The van der Waals surface area contributed by atoms with Crippen LogP contribution in [0.1, 0.15) is 25.5 Å². The molecule has 3 atom stereocenters. The molecule has 0 aliphatic rings. The van der Waals surface area contributed by atoms with Crippen LogP contribution in [0.15, 0.2) is 24.5 Å². The molecule has 1 heterocycles. The molecule has 16 heavy (non-hydrogen) atoms. The predicted molar refractivity (Wildman–Crippen MR) is 63.1 cm³/mol. The second-order valence-electron chi connectivity index (χ2n) is 3.96. The third-order valence-corrected chi connectivity index (χ3v) is 2.29. The van der Waals surface area contributed by atoms with Crippen molar-refractivity contribution in [1.29, 1.82) is 0 Å². The van der Waals surface area contributed by atoms with Gasteiger partial charge in [0.15, 0.2) is 0 Å². The Kier molecular flexibility index (Phi) is 5.38. The molecule has 0 aliphatic heterocycles. The van der Waals surface area contributed by atoms with Crippen LogP contribution in [0.25, 0.3) is 0 Å². The van der Waals surface area contributed by atoms with Crippen molar-refractivity contribution >= 4 is 0 Å². The maximum Gasteiger partial charge on any atom is 0.0978 e. The fraction of sp³-hybridized carbons (Fsp3) is 0.583. The summed E-state index contributed by atoms with van der Waals surface area (Å²) in [7, 11) is 1.66. The van der Waals surface area contributed by atoms with Crippen molar-refractivity contribution in [2.45, 2.75) is 32.1 Å². The first-order chi connectivity index (χ1) is 7.65. The van der Waals surface area contributed by atoms with Crippen LogP contribution in [0.4, 0.5) is 0 Å². The molecule has 90 valence electrons. The third kappa shape index (κ3) is 3.89.